The van der Waals surface area contributed by atoms with E-state index in [0.29, 0.717) is 0 Å². The minimum Gasteiger partial charge on any atom is -0.341 e. The summed E-state index contributed by atoms with van der Waals surface area (Å²) in [6.07, 6.45) is 4.91. The van der Waals surface area contributed by atoms with Gasteiger partial charge in [-0.1, -0.05) is 30.3 Å². The summed E-state index contributed by atoms with van der Waals surface area (Å²) in [5, 5.41) is 0. The van der Waals surface area contributed by atoms with E-state index < -0.39 is 0 Å². The molecule has 114 valence electrons. The van der Waals surface area contributed by atoms with Gasteiger partial charge in [0.25, 0.3) is 0 Å². The highest BCUT2D eigenvalue weighted by molar-refractivity contribution is 5.58. The van der Waals surface area contributed by atoms with Gasteiger partial charge in [0.2, 0.25) is 11.9 Å². The summed E-state index contributed by atoms with van der Waals surface area (Å²) in [7, 11) is 0. The Bertz CT molecular complexity index is 597. The van der Waals surface area contributed by atoms with E-state index in [4.69, 9.17) is 15.0 Å². The van der Waals surface area contributed by atoms with Crippen LogP contribution in [0.2, 0.25) is 0 Å². The molecule has 3 heterocycles. The van der Waals surface area contributed by atoms with Crippen molar-refractivity contribution in [2.24, 2.45) is 0 Å². The molecular formula is C17H21N5. The van der Waals surface area contributed by atoms with Crippen LogP contribution in [0.15, 0.2) is 30.3 Å². The standard InChI is InChI=1S/C17H21N5/c1-2-8-14(9-3-1)15-18-16(21-10-4-5-11-21)20-17(19-15)22-12-6-7-13-22/h1-3,8-9H,4-7,10-13H2. The van der Waals surface area contributed by atoms with Crippen LogP contribution in [0.4, 0.5) is 11.9 Å². The van der Waals surface area contributed by atoms with Crippen LogP contribution in [0.3, 0.4) is 0 Å². The van der Waals surface area contributed by atoms with Gasteiger partial charge in [0.05, 0.1) is 0 Å². The van der Waals surface area contributed by atoms with Crippen molar-refractivity contribution in [3.05, 3.63) is 30.3 Å². The molecule has 0 amide bonds. The van der Waals surface area contributed by atoms with Gasteiger partial charge < -0.3 is 9.80 Å². The van der Waals surface area contributed by atoms with E-state index in [-0.39, 0.29) is 0 Å². The highest BCUT2D eigenvalue weighted by Crippen LogP contribution is 2.25. The summed E-state index contributed by atoms with van der Waals surface area (Å²) < 4.78 is 0. The van der Waals surface area contributed by atoms with Gasteiger partial charge in [-0.05, 0) is 25.7 Å². The fraction of sp³-hybridized carbons (Fsp3) is 0.471. The molecule has 0 saturated carbocycles. The van der Waals surface area contributed by atoms with Crippen molar-refractivity contribution in [1.29, 1.82) is 0 Å². The average molecular weight is 295 g/mol. The van der Waals surface area contributed by atoms with Gasteiger partial charge in [0.15, 0.2) is 5.82 Å². The Hall–Kier alpha value is -2.17. The minimum absolute atomic E-state index is 0.791. The van der Waals surface area contributed by atoms with E-state index in [9.17, 15) is 0 Å². The summed E-state index contributed by atoms with van der Waals surface area (Å²) in [5.41, 5.74) is 1.06. The monoisotopic (exact) mass is 295 g/mol. The van der Waals surface area contributed by atoms with Crippen molar-refractivity contribution < 1.29 is 0 Å². The molecule has 2 saturated heterocycles. The maximum absolute atomic E-state index is 4.75. The fourth-order valence-electron chi connectivity index (χ4n) is 3.19. The lowest BCUT2D eigenvalue weighted by Gasteiger charge is -2.20. The van der Waals surface area contributed by atoms with Crippen LogP contribution in [0.1, 0.15) is 25.7 Å². The van der Waals surface area contributed by atoms with Crippen molar-refractivity contribution in [1.82, 2.24) is 15.0 Å². The Labute approximate surface area is 131 Å². The quantitative estimate of drug-likeness (QED) is 0.871. The van der Waals surface area contributed by atoms with Crippen LogP contribution in [0.5, 0.6) is 0 Å². The molecule has 0 unspecified atom stereocenters. The summed E-state index contributed by atoms with van der Waals surface area (Å²) in [4.78, 5) is 18.8. The van der Waals surface area contributed by atoms with Crippen molar-refractivity contribution in [3.63, 3.8) is 0 Å². The molecule has 0 atom stereocenters. The third-order valence-corrected chi connectivity index (χ3v) is 4.42. The maximum atomic E-state index is 4.75. The molecule has 2 fully saturated rings. The van der Waals surface area contributed by atoms with Crippen molar-refractivity contribution >= 4 is 11.9 Å². The van der Waals surface area contributed by atoms with Gasteiger partial charge in [-0.25, -0.2) is 0 Å². The second-order valence-corrected chi connectivity index (χ2v) is 6.01. The SMILES string of the molecule is c1ccc(-c2nc(N3CCCC3)nc(N3CCCC3)n2)cc1. The van der Waals surface area contributed by atoms with Gasteiger partial charge in [-0.3, -0.25) is 0 Å². The van der Waals surface area contributed by atoms with Crippen molar-refractivity contribution in [2.45, 2.75) is 25.7 Å². The molecule has 4 rings (SSSR count). The third-order valence-electron chi connectivity index (χ3n) is 4.42. The highest BCUT2D eigenvalue weighted by atomic mass is 15.3. The normalized spacial score (nSPS) is 18.2. The molecular weight excluding hydrogens is 274 g/mol. The zero-order valence-corrected chi connectivity index (χ0v) is 12.8. The smallest absolute Gasteiger partial charge is 0.230 e. The molecule has 0 aliphatic carbocycles. The van der Waals surface area contributed by atoms with E-state index in [1.165, 1.54) is 25.7 Å². The molecule has 2 aromatic rings. The first-order valence-electron chi connectivity index (χ1n) is 8.21. The van der Waals surface area contributed by atoms with Crippen LogP contribution in [-0.4, -0.2) is 41.1 Å². The first kappa shape index (κ1) is 13.5. The lowest BCUT2D eigenvalue weighted by molar-refractivity contribution is 0.841. The summed E-state index contributed by atoms with van der Waals surface area (Å²) in [6, 6.07) is 10.2. The summed E-state index contributed by atoms with van der Waals surface area (Å²) in [6.45, 7) is 4.21. The number of benzene rings is 1. The first-order valence-corrected chi connectivity index (χ1v) is 8.21. The van der Waals surface area contributed by atoms with Crippen molar-refractivity contribution in [3.8, 4) is 11.4 Å². The molecule has 2 aliphatic rings. The summed E-state index contributed by atoms with van der Waals surface area (Å²) >= 11 is 0. The minimum atomic E-state index is 0.791. The predicted octanol–water partition coefficient (Wildman–Crippen LogP) is 2.74. The largest absolute Gasteiger partial charge is 0.341 e. The molecule has 0 N–H and O–H groups in total. The Balaban J connectivity index is 1.76. The molecule has 1 aromatic carbocycles. The second-order valence-electron chi connectivity index (χ2n) is 6.01. The zero-order chi connectivity index (χ0) is 14.8. The third kappa shape index (κ3) is 2.63. The molecule has 22 heavy (non-hydrogen) atoms. The molecule has 5 heteroatoms. The molecule has 5 nitrogen and oxygen atoms in total. The molecule has 0 spiro atoms. The number of aromatic nitrogens is 3. The zero-order valence-electron chi connectivity index (χ0n) is 12.8. The van der Waals surface area contributed by atoms with Crippen LogP contribution in [-0.2, 0) is 0 Å². The fourth-order valence-corrected chi connectivity index (χ4v) is 3.19. The molecule has 0 radical (unpaired) electrons. The Morgan fingerprint density at radius 1 is 0.636 bits per heavy atom. The van der Waals surface area contributed by atoms with Gasteiger partial charge >= 0.3 is 0 Å². The first-order chi connectivity index (χ1) is 10.9. The van der Waals surface area contributed by atoms with Gasteiger partial charge in [0, 0.05) is 31.7 Å². The number of rotatable bonds is 3. The molecule has 2 aliphatic heterocycles. The Kier molecular flexibility index (Phi) is 3.62. The lowest BCUT2D eigenvalue weighted by Crippen LogP contribution is -2.25. The number of nitrogens with zero attached hydrogens (tertiary/aromatic N) is 5. The number of anilines is 2. The predicted molar refractivity (Wildman–Crippen MR) is 88.2 cm³/mol. The van der Waals surface area contributed by atoms with Crippen LogP contribution in [0.25, 0.3) is 11.4 Å². The Morgan fingerprint density at radius 3 is 1.64 bits per heavy atom. The van der Waals surface area contributed by atoms with Crippen LogP contribution >= 0.6 is 0 Å². The Morgan fingerprint density at radius 2 is 1.14 bits per heavy atom. The topological polar surface area (TPSA) is 45.2 Å². The van der Waals surface area contributed by atoms with E-state index in [1.807, 2.05) is 18.2 Å². The number of hydrogen-bond donors (Lipinski definition) is 0. The number of hydrogen-bond acceptors (Lipinski definition) is 5. The molecule has 0 bridgehead atoms. The van der Waals surface area contributed by atoms with E-state index in [2.05, 4.69) is 21.9 Å². The van der Waals surface area contributed by atoms with E-state index in [1.54, 1.807) is 0 Å². The van der Waals surface area contributed by atoms with E-state index >= 15 is 0 Å². The van der Waals surface area contributed by atoms with Crippen LogP contribution in [0, 0.1) is 0 Å². The van der Waals surface area contributed by atoms with Gasteiger partial charge in [-0.2, -0.15) is 15.0 Å². The van der Waals surface area contributed by atoms with Gasteiger partial charge in [-0.15, -0.1) is 0 Å². The average Bonchev–Trinajstić information content (AvgIpc) is 3.29. The maximum Gasteiger partial charge on any atom is 0.230 e. The lowest BCUT2D eigenvalue weighted by atomic mass is 10.2. The van der Waals surface area contributed by atoms with E-state index in [0.717, 1.165) is 49.5 Å². The van der Waals surface area contributed by atoms with Gasteiger partial charge in [0.1, 0.15) is 0 Å². The second kappa shape index (κ2) is 5.91. The summed E-state index contributed by atoms with van der Waals surface area (Å²) in [5.74, 6) is 2.47. The highest BCUT2D eigenvalue weighted by Gasteiger charge is 2.21. The molecule has 1 aromatic heterocycles. The van der Waals surface area contributed by atoms with Crippen LogP contribution < -0.4 is 9.80 Å². The van der Waals surface area contributed by atoms with Crippen molar-refractivity contribution in [2.75, 3.05) is 36.0 Å².